The second kappa shape index (κ2) is 7.22. The molecule has 2 rings (SSSR count). The highest BCUT2D eigenvalue weighted by Gasteiger charge is 2.15. The van der Waals surface area contributed by atoms with E-state index < -0.39 is 15.8 Å². The molecule has 0 atom stereocenters. The quantitative estimate of drug-likeness (QED) is 0.880. The Morgan fingerprint density at radius 1 is 1.22 bits per heavy atom. The molecule has 23 heavy (non-hydrogen) atoms. The van der Waals surface area contributed by atoms with Crippen molar-refractivity contribution in [1.82, 2.24) is 4.72 Å². The van der Waals surface area contributed by atoms with Crippen LogP contribution in [0.1, 0.15) is 11.1 Å². The van der Waals surface area contributed by atoms with Gasteiger partial charge in [0.2, 0.25) is 10.0 Å². The number of halogens is 1. The molecule has 0 radical (unpaired) electrons. The standard InChI is InChI=1S/C16H15FN2O3S/c1-12-8-14(17)10-16(9-12)23(20,21)19-11-13-2-4-15(5-3-13)22-7-6-18/h2-5,8-10,19H,7,11H2,1H3. The minimum absolute atomic E-state index is 0.0507. The largest absolute Gasteiger partial charge is 0.479 e. The molecule has 0 heterocycles. The Morgan fingerprint density at radius 2 is 1.91 bits per heavy atom. The van der Waals surface area contributed by atoms with Gasteiger partial charge in [0, 0.05) is 6.54 Å². The molecular weight excluding hydrogens is 319 g/mol. The summed E-state index contributed by atoms with van der Waals surface area (Å²) in [7, 11) is -3.79. The monoisotopic (exact) mass is 334 g/mol. The summed E-state index contributed by atoms with van der Waals surface area (Å²) < 4.78 is 45.2. The van der Waals surface area contributed by atoms with Crippen LogP contribution in [-0.2, 0) is 16.6 Å². The van der Waals surface area contributed by atoms with E-state index in [4.69, 9.17) is 10.00 Å². The van der Waals surface area contributed by atoms with Crippen LogP contribution >= 0.6 is 0 Å². The fourth-order valence-corrected chi connectivity index (χ4v) is 3.07. The number of benzene rings is 2. The second-order valence-corrected chi connectivity index (χ2v) is 6.65. The van der Waals surface area contributed by atoms with Crippen molar-refractivity contribution in [2.45, 2.75) is 18.4 Å². The van der Waals surface area contributed by atoms with E-state index in [1.54, 1.807) is 31.2 Å². The predicted molar refractivity (Wildman–Crippen MR) is 82.7 cm³/mol. The van der Waals surface area contributed by atoms with Crippen LogP contribution in [0.15, 0.2) is 47.4 Å². The van der Waals surface area contributed by atoms with Crippen molar-refractivity contribution in [2.75, 3.05) is 6.61 Å². The maximum Gasteiger partial charge on any atom is 0.240 e. The van der Waals surface area contributed by atoms with E-state index >= 15 is 0 Å². The van der Waals surface area contributed by atoms with Crippen molar-refractivity contribution < 1.29 is 17.5 Å². The molecule has 120 valence electrons. The van der Waals surface area contributed by atoms with Gasteiger partial charge in [-0.15, -0.1) is 0 Å². The van der Waals surface area contributed by atoms with Crippen LogP contribution in [0.25, 0.3) is 0 Å². The average Bonchev–Trinajstić information content (AvgIpc) is 2.51. The van der Waals surface area contributed by atoms with Crippen molar-refractivity contribution in [3.8, 4) is 11.8 Å². The summed E-state index contributed by atoms with van der Waals surface area (Å²) in [6.07, 6.45) is 0. The van der Waals surface area contributed by atoms with E-state index in [0.29, 0.717) is 16.9 Å². The molecule has 1 N–H and O–H groups in total. The molecule has 7 heteroatoms. The number of sulfonamides is 1. The number of nitriles is 1. The summed E-state index contributed by atoms with van der Waals surface area (Å²) >= 11 is 0. The second-order valence-electron chi connectivity index (χ2n) is 4.88. The Bertz CT molecular complexity index is 807. The lowest BCUT2D eigenvalue weighted by Crippen LogP contribution is -2.23. The van der Waals surface area contributed by atoms with Crippen LogP contribution < -0.4 is 9.46 Å². The van der Waals surface area contributed by atoms with Gasteiger partial charge in [-0.25, -0.2) is 17.5 Å². The molecule has 0 spiro atoms. The summed E-state index contributed by atoms with van der Waals surface area (Å²) in [5, 5.41) is 8.42. The molecule has 0 bridgehead atoms. The van der Waals surface area contributed by atoms with Crippen LogP contribution in [0.3, 0.4) is 0 Å². The molecule has 0 fully saturated rings. The van der Waals surface area contributed by atoms with Gasteiger partial charge >= 0.3 is 0 Å². The highest BCUT2D eigenvalue weighted by atomic mass is 32.2. The fraction of sp³-hybridized carbons (Fsp3) is 0.188. The third kappa shape index (κ3) is 4.77. The molecule has 0 aromatic heterocycles. The van der Waals surface area contributed by atoms with Crippen LogP contribution in [0.4, 0.5) is 4.39 Å². The van der Waals surface area contributed by atoms with Crippen LogP contribution in [0.5, 0.6) is 5.75 Å². The minimum atomic E-state index is -3.79. The van der Waals surface area contributed by atoms with Gasteiger partial charge in [0.25, 0.3) is 0 Å². The van der Waals surface area contributed by atoms with Crippen molar-refractivity contribution in [1.29, 1.82) is 5.26 Å². The van der Waals surface area contributed by atoms with Gasteiger partial charge in [-0.2, -0.15) is 5.26 Å². The van der Waals surface area contributed by atoms with Crippen molar-refractivity contribution in [2.24, 2.45) is 0 Å². The van der Waals surface area contributed by atoms with E-state index in [9.17, 15) is 12.8 Å². The molecule has 0 aliphatic heterocycles. The topological polar surface area (TPSA) is 79.2 Å². The van der Waals surface area contributed by atoms with Gasteiger partial charge in [-0.3, -0.25) is 0 Å². The molecule has 5 nitrogen and oxygen atoms in total. The Balaban J connectivity index is 2.05. The first-order chi connectivity index (χ1) is 10.9. The number of nitrogens with one attached hydrogen (secondary N) is 1. The van der Waals surface area contributed by atoms with Gasteiger partial charge in [-0.05, 0) is 48.4 Å². The molecule has 0 amide bonds. The first kappa shape index (κ1) is 16.9. The first-order valence-corrected chi connectivity index (χ1v) is 8.24. The maximum absolute atomic E-state index is 13.3. The highest BCUT2D eigenvalue weighted by molar-refractivity contribution is 7.89. The minimum Gasteiger partial charge on any atom is -0.479 e. The molecule has 0 saturated heterocycles. The van der Waals surface area contributed by atoms with Crippen LogP contribution in [0.2, 0.25) is 0 Å². The molecule has 0 unspecified atom stereocenters. The van der Waals surface area contributed by atoms with E-state index in [1.165, 1.54) is 12.1 Å². The van der Waals surface area contributed by atoms with E-state index in [0.717, 1.165) is 6.07 Å². The summed E-state index contributed by atoms with van der Waals surface area (Å²) in [4.78, 5) is -0.107. The van der Waals surface area contributed by atoms with Gasteiger partial charge in [0.1, 0.15) is 17.6 Å². The molecule has 2 aromatic rings. The molecule has 0 aliphatic carbocycles. The fourth-order valence-electron chi connectivity index (χ4n) is 1.94. The van der Waals surface area contributed by atoms with E-state index in [2.05, 4.69) is 4.72 Å². The summed E-state index contributed by atoms with van der Waals surface area (Å²) in [5.41, 5.74) is 1.25. The zero-order chi connectivity index (χ0) is 16.9. The van der Waals surface area contributed by atoms with E-state index in [1.807, 2.05) is 6.07 Å². The summed E-state index contributed by atoms with van der Waals surface area (Å²) in [5.74, 6) is -0.0664. The van der Waals surface area contributed by atoms with E-state index in [-0.39, 0.29) is 18.0 Å². The normalized spacial score (nSPS) is 11.0. The van der Waals surface area contributed by atoms with Crippen LogP contribution in [-0.4, -0.2) is 15.0 Å². The zero-order valence-corrected chi connectivity index (χ0v) is 13.2. The number of nitrogens with zero attached hydrogens (tertiary/aromatic N) is 1. The highest BCUT2D eigenvalue weighted by Crippen LogP contribution is 2.15. The summed E-state index contributed by atoms with van der Waals surface area (Å²) in [6, 6.07) is 12.2. The van der Waals surface area contributed by atoms with Crippen molar-refractivity contribution >= 4 is 10.0 Å². The number of rotatable bonds is 6. The van der Waals surface area contributed by atoms with Gasteiger partial charge in [-0.1, -0.05) is 12.1 Å². The molecule has 0 aliphatic rings. The predicted octanol–water partition coefficient (Wildman–Crippen LogP) is 2.52. The SMILES string of the molecule is Cc1cc(F)cc(S(=O)(=O)NCc2ccc(OCC#N)cc2)c1. The first-order valence-electron chi connectivity index (χ1n) is 6.76. The molecule has 0 saturated carbocycles. The lowest BCUT2D eigenvalue weighted by Gasteiger charge is -2.08. The van der Waals surface area contributed by atoms with Gasteiger partial charge in [0.05, 0.1) is 4.90 Å². The third-order valence-corrected chi connectivity index (χ3v) is 4.40. The smallest absolute Gasteiger partial charge is 0.240 e. The Morgan fingerprint density at radius 3 is 2.52 bits per heavy atom. The number of hydrogen-bond donors (Lipinski definition) is 1. The molecule has 2 aromatic carbocycles. The van der Waals surface area contributed by atoms with Crippen molar-refractivity contribution in [3.05, 3.63) is 59.4 Å². The maximum atomic E-state index is 13.3. The lowest BCUT2D eigenvalue weighted by molar-refractivity contribution is 0.368. The van der Waals surface area contributed by atoms with Gasteiger partial charge < -0.3 is 4.74 Å². The molecular formula is C16H15FN2O3S. The zero-order valence-electron chi connectivity index (χ0n) is 12.4. The average molecular weight is 334 g/mol. The van der Waals surface area contributed by atoms with Crippen LogP contribution in [0, 0.1) is 24.1 Å². The number of hydrogen-bond acceptors (Lipinski definition) is 4. The Labute approximate surface area is 134 Å². The van der Waals surface area contributed by atoms with Crippen molar-refractivity contribution in [3.63, 3.8) is 0 Å². The summed E-state index contributed by atoms with van der Waals surface area (Å²) in [6.45, 7) is 1.64. The Hall–Kier alpha value is -2.43. The lowest BCUT2D eigenvalue weighted by atomic mass is 10.2. The third-order valence-electron chi connectivity index (χ3n) is 3.02. The Kier molecular flexibility index (Phi) is 5.32. The number of aryl methyl sites for hydroxylation is 1. The van der Waals surface area contributed by atoms with Gasteiger partial charge in [0.15, 0.2) is 6.61 Å². The number of ether oxygens (including phenoxy) is 1.